The Bertz CT molecular complexity index is 1760. The summed E-state index contributed by atoms with van der Waals surface area (Å²) in [5, 5.41) is 14.2. The van der Waals surface area contributed by atoms with Crippen LogP contribution in [0.15, 0.2) is 53.0 Å². The Kier molecular flexibility index (Phi) is 12.1. The van der Waals surface area contributed by atoms with E-state index in [9.17, 15) is 14.0 Å². The molecule has 0 atom stereocenters. The first-order chi connectivity index (χ1) is 23.0. The lowest BCUT2D eigenvalue weighted by Crippen LogP contribution is -2.25. The van der Waals surface area contributed by atoms with Gasteiger partial charge in [0.05, 0.1) is 40.1 Å². The SMILES string of the molecule is COc1ccc(C(=O)Nc2cc(Cl)c3c(c2Cl)CNCC3)cc1Br.COc1ccc(C(=O)Nc2cc(Cl)c3c(c2Cl)CNCC3)cc1F. The molecule has 8 nitrogen and oxygen atoms in total. The highest BCUT2D eigenvalue weighted by Gasteiger charge is 2.22. The van der Waals surface area contributed by atoms with Crippen molar-refractivity contribution in [1.29, 1.82) is 0 Å². The zero-order valence-corrected chi connectivity index (χ0v) is 30.4. The third-order valence-electron chi connectivity index (χ3n) is 7.88. The van der Waals surface area contributed by atoms with E-state index in [1.807, 2.05) is 0 Å². The van der Waals surface area contributed by atoms with Crippen molar-refractivity contribution in [1.82, 2.24) is 10.6 Å². The molecule has 0 spiro atoms. The number of methoxy groups -OCH3 is 2. The van der Waals surface area contributed by atoms with E-state index >= 15 is 0 Å². The molecule has 0 saturated carbocycles. The number of nitrogens with one attached hydrogen (secondary N) is 4. The van der Waals surface area contributed by atoms with E-state index < -0.39 is 11.7 Å². The maximum absolute atomic E-state index is 13.8. The van der Waals surface area contributed by atoms with Crippen molar-refractivity contribution in [3.05, 3.63) is 112 Å². The van der Waals surface area contributed by atoms with Crippen LogP contribution in [-0.4, -0.2) is 39.1 Å². The van der Waals surface area contributed by atoms with Gasteiger partial charge < -0.3 is 30.7 Å². The predicted molar refractivity (Wildman–Crippen MR) is 193 cm³/mol. The summed E-state index contributed by atoms with van der Waals surface area (Å²) < 4.78 is 24.5. The minimum absolute atomic E-state index is 0.0764. The molecule has 4 aromatic carbocycles. The Hall–Kier alpha value is -3.09. The number of fused-ring (bicyclic) bond motifs is 2. The fourth-order valence-corrected chi connectivity index (χ4v) is 7.12. The van der Waals surface area contributed by atoms with Crippen LogP contribution in [0, 0.1) is 5.82 Å². The van der Waals surface area contributed by atoms with Crippen molar-refractivity contribution in [2.24, 2.45) is 0 Å². The highest BCUT2D eigenvalue weighted by molar-refractivity contribution is 9.10. The largest absolute Gasteiger partial charge is 0.496 e. The van der Waals surface area contributed by atoms with Crippen LogP contribution in [0.4, 0.5) is 15.8 Å². The molecule has 0 bridgehead atoms. The first-order valence-electron chi connectivity index (χ1n) is 14.7. The molecule has 2 aliphatic rings. The second-order valence-corrected chi connectivity index (χ2v) is 13.2. The molecule has 6 rings (SSSR count). The zero-order chi connectivity index (χ0) is 34.5. The number of amides is 2. The van der Waals surface area contributed by atoms with Gasteiger partial charge in [0.25, 0.3) is 11.8 Å². The molecule has 48 heavy (non-hydrogen) atoms. The molecule has 4 N–H and O–H groups in total. The monoisotopic (exact) mass is 796 g/mol. The Balaban J connectivity index is 0.000000188. The predicted octanol–water partition coefficient (Wildman–Crippen LogP) is 8.70. The summed E-state index contributed by atoms with van der Waals surface area (Å²) >= 11 is 28.9. The number of ether oxygens (including phenoxy) is 2. The number of anilines is 2. The molecule has 0 aliphatic carbocycles. The Morgan fingerprint density at radius 2 is 1.17 bits per heavy atom. The van der Waals surface area contributed by atoms with Crippen LogP contribution in [0.25, 0.3) is 0 Å². The van der Waals surface area contributed by atoms with Gasteiger partial charge in [-0.25, -0.2) is 4.39 Å². The second kappa shape index (κ2) is 16.1. The normalized spacial score (nSPS) is 13.3. The van der Waals surface area contributed by atoms with Gasteiger partial charge in [0.2, 0.25) is 0 Å². The second-order valence-electron chi connectivity index (χ2n) is 10.8. The van der Waals surface area contributed by atoms with Gasteiger partial charge in [-0.15, -0.1) is 0 Å². The molecule has 2 amide bonds. The van der Waals surface area contributed by atoms with E-state index in [4.69, 9.17) is 55.9 Å². The molecule has 2 aliphatic heterocycles. The average molecular weight is 799 g/mol. The lowest BCUT2D eigenvalue weighted by molar-refractivity contribution is 0.101. The third kappa shape index (κ3) is 8.03. The molecule has 0 unspecified atom stereocenters. The Labute approximate surface area is 305 Å². The summed E-state index contributed by atoms with van der Waals surface area (Å²) in [6, 6.07) is 12.4. The van der Waals surface area contributed by atoms with Crippen molar-refractivity contribution >= 4 is 85.5 Å². The van der Waals surface area contributed by atoms with Crippen molar-refractivity contribution in [3.63, 3.8) is 0 Å². The number of halogens is 6. The first-order valence-corrected chi connectivity index (χ1v) is 17.0. The molecule has 4 aromatic rings. The van der Waals surface area contributed by atoms with E-state index in [1.165, 1.54) is 19.2 Å². The molecule has 2 heterocycles. The van der Waals surface area contributed by atoms with Crippen molar-refractivity contribution < 1.29 is 23.5 Å². The van der Waals surface area contributed by atoms with Crippen LogP contribution in [0.1, 0.15) is 43.0 Å². The van der Waals surface area contributed by atoms with Crippen LogP contribution < -0.4 is 30.7 Å². The summed E-state index contributed by atoms with van der Waals surface area (Å²) in [7, 11) is 2.93. The van der Waals surface area contributed by atoms with Crippen LogP contribution in [0.2, 0.25) is 20.1 Å². The topological polar surface area (TPSA) is 101 Å². The molecule has 14 heteroatoms. The highest BCUT2D eigenvalue weighted by Crippen LogP contribution is 2.38. The van der Waals surface area contributed by atoms with Gasteiger partial charge in [0.15, 0.2) is 11.6 Å². The van der Waals surface area contributed by atoms with Gasteiger partial charge in [-0.1, -0.05) is 46.4 Å². The minimum Gasteiger partial charge on any atom is -0.496 e. The fourth-order valence-electron chi connectivity index (χ4n) is 5.38. The maximum atomic E-state index is 13.8. The number of hydrogen-bond acceptors (Lipinski definition) is 6. The molecule has 0 aromatic heterocycles. The summed E-state index contributed by atoms with van der Waals surface area (Å²) in [6.07, 6.45) is 1.61. The van der Waals surface area contributed by atoms with Crippen molar-refractivity contribution in [2.75, 3.05) is 37.9 Å². The van der Waals surface area contributed by atoms with Crippen molar-refractivity contribution in [2.45, 2.75) is 25.9 Å². The van der Waals surface area contributed by atoms with Gasteiger partial charge in [-0.3, -0.25) is 9.59 Å². The first kappa shape index (κ1) is 36.2. The number of hydrogen-bond donors (Lipinski definition) is 4. The lowest BCUT2D eigenvalue weighted by atomic mass is 10.00. The van der Waals surface area contributed by atoms with E-state index in [2.05, 4.69) is 37.2 Å². The minimum atomic E-state index is -0.607. The van der Waals surface area contributed by atoms with E-state index in [1.54, 1.807) is 37.4 Å². The molecule has 0 radical (unpaired) electrons. The van der Waals surface area contributed by atoms with Crippen LogP contribution in [0.5, 0.6) is 11.5 Å². The van der Waals surface area contributed by atoms with Gasteiger partial charge >= 0.3 is 0 Å². The smallest absolute Gasteiger partial charge is 0.255 e. The molecule has 252 valence electrons. The van der Waals surface area contributed by atoms with E-state index in [0.717, 1.165) is 54.3 Å². The molecular weight excluding hydrogens is 769 g/mol. The van der Waals surface area contributed by atoms with Gasteiger partial charge in [-0.05, 0) is 113 Å². The van der Waals surface area contributed by atoms with E-state index in [-0.39, 0.29) is 17.2 Å². The van der Waals surface area contributed by atoms with Crippen LogP contribution >= 0.6 is 62.3 Å². The summed E-state index contributed by atoms with van der Waals surface area (Å²) in [4.78, 5) is 24.9. The number of benzene rings is 4. The summed E-state index contributed by atoms with van der Waals surface area (Å²) in [6.45, 7) is 2.94. The highest BCUT2D eigenvalue weighted by atomic mass is 79.9. The Morgan fingerprint density at radius 1 is 0.708 bits per heavy atom. The maximum Gasteiger partial charge on any atom is 0.255 e. The summed E-state index contributed by atoms with van der Waals surface area (Å²) in [5.41, 5.74) is 5.45. The van der Waals surface area contributed by atoms with Gasteiger partial charge in [0, 0.05) is 34.3 Å². The fraction of sp³-hybridized carbons (Fsp3) is 0.235. The number of rotatable bonds is 6. The molecule has 0 saturated heterocycles. The lowest BCUT2D eigenvalue weighted by Gasteiger charge is -2.22. The zero-order valence-electron chi connectivity index (χ0n) is 25.8. The quantitative estimate of drug-likeness (QED) is 0.156. The average Bonchev–Trinajstić information content (AvgIpc) is 3.09. The molecule has 0 fully saturated rings. The van der Waals surface area contributed by atoms with Crippen LogP contribution in [0.3, 0.4) is 0 Å². The van der Waals surface area contributed by atoms with Gasteiger partial charge in [0.1, 0.15) is 5.75 Å². The van der Waals surface area contributed by atoms with Crippen LogP contribution in [-0.2, 0) is 25.9 Å². The standard InChI is InChI=1S/C17H15BrCl2N2O2.C17H15Cl2FN2O2/c1-24-15-3-2-9(6-12(15)18)17(23)22-14-7-13(19)10-4-5-21-8-11(10)16(14)20;1-24-15-3-2-9(6-13(15)20)17(23)22-14-7-12(18)10-4-5-21-8-11(10)16(14)19/h2*2-3,6-7,21H,4-5,8H2,1H3,(H,22,23). The number of carbonyl (C=O) groups is 2. The van der Waals surface area contributed by atoms with Gasteiger partial charge in [-0.2, -0.15) is 0 Å². The third-order valence-corrected chi connectivity index (χ3v) is 10.0. The molecular formula is C34H30BrCl4FN4O4. The number of carbonyl (C=O) groups excluding carboxylic acids is 2. The van der Waals surface area contributed by atoms with Crippen molar-refractivity contribution in [3.8, 4) is 11.5 Å². The van der Waals surface area contributed by atoms with E-state index in [0.29, 0.717) is 60.3 Å². The Morgan fingerprint density at radius 3 is 1.60 bits per heavy atom. The summed E-state index contributed by atoms with van der Waals surface area (Å²) in [5.74, 6) is -0.609.